The van der Waals surface area contributed by atoms with E-state index in [1.54, 1.807) is 13.8 Å². The minimum atomic E-state index is 0.0963. The van der Waals surface area contributed by atoms with Crippen LogP contribution in [0.25, 0.3) is 0 Å². The van der Waals surface area contributed by atoms with Crippen molar-refractivity contribution in [1.82, 2.24) is 10.6 Å². The van der Waals surface area contributed by atoms with Crippen LogP contribution in [0.4, 0.5) is 0 Å². The van der Waals surface area contributed by atoms with Gasteiger partial charge in [-0.25, -0.2) is 0 Å². The Hall–Kier alpha value is -14.8. The molecule has 0 fully saturated rings. The van der Waals surface area contributed by atoms with Crippen molar-refractivity contribution in [2.24, 2.45) is 10.8 Å². The third kappa shape index (κ3) is 82.9. The number of thioether (sulfide) groups is 2. The van der Waals surface area contributed by atoms with Crippen molar-refractivity contribution in [3.63, 3.8) is 0 Å². The summed E-state index contributed by atoms with van der Waals surface area (Å²) in [5, 5.41) is 7.02. The number of rotatable bonds is 32. The van der Waals surface area contributed by atoms with Gasteiger partial charge in [0.05, 0.1) is 0 Å². The summed E-state index contributed by atoms with van der Waals surface area (Å²) < 4.78 is 0. The van der Waals surface area contributed by atoms with E-state index in [-0.39, 0.29) is 32.9 Å². The molecule has 4 rings (SSSR count). The van der Waals surface area contributed by atoms with E-state index in [1.165, 1.54) is 72.3 Å². The van der Waals surface area contributed by atoms with Gasteiger partial charge in [-0.1, -0.05) is 188 Å². The lowest BCUT2D eigenvalue weighted by atomic mass is 9.89. The summed E-state index contributed by atoms with van der Waals surface area (Å²) in [6.07, 6.45) is 26.6. The minimum absolute atomic E-state index is 0.0963. The van der Waals surface area contributed by atoms with Gasteiger partial charge < -0.3 is 10.6 Å². The minimum Gasteiger partial charge on any atom is -0.312 e. The Morgan fingerprint density at radius 1 is 0.269 bits per heavy atom. The van der Waals surface area contributed by atoms with Crippen LogP contribution in [-0.2, 0) is 55.0 Å². The van der Waals surface area contributed by atoms with Gasteiger partial charge in [0, 0.05) is 287 Å². The molecular formula is C122H112N2O6S4. The Morgan fingerprint density at radius 2 is 0.478 bits per heavy atom. The summed E-state index contributed by atoms with van der Waals surface area (Å²) in [5.74, 6) is 122. The van der Waals surface area contributed by atoms with Crippen molar-refractivity contribution < 1.29 is 28.8 Å². The molecule has 8 nitrogen and oxygen atoms in total. The first-order chi connectivity index (χ1) is 64.3. The van der Waals surface area contributed by atoms with Crippen LogP contribution in [0.2, 0.25) is 0 Å². The second-order valence-corrected chi connectivity index (χ2v) is 35.6. The number of nitrogens with one attached hydrogen (secondary N) is 2. The highest BCUT2D eigenvalue weighted by Crippen LogP contribution is 2.25. The van der Waals surface area contributed by atoms with E-state index in [1.807, 2.05) is 48.5 Å². The molecule has 0 aliphatic heterocycles. The van der Waals surface area contributed by atoms with Crippen molar-refractivity contribution in [3.8, 4) is 297 Å². The molecule has 134 heavy (non-hydrogen) atoms. The van der Waals surface area contributed by atoms with Crippen LogP contribution in [0.1, 0.15) is 254 Å². The molecule has 4 aromatic rings. The Balaban J connectivity index is 0.00000177. The summed E-state index contributed by atoms with van der Waals surface area (Å²) >= 11 is 11.1. The molecule has 670 valence electrons. The molecule has 0 aliphatic carbocycles. The Labute approximate surface area is 824 Å². The van der Waals surface area contributed by atoms with E-state index < -0.39 is 0 Å². The van der Waals surface area contributed by atoms with Crippen LogP contribution in [0, 0.1) is 308 Å². The molecule has 0 saturated carbocycles. The molecule has 0 aliphatic rings. The Morgan fingerprint density at radius 3 is 0.687 bits per heavy atom. The van der Waals surface area contributed by atoms with Crippen molar-refractivity contribution >= 4 is 82.1 Å². The van der Waals surface area contributed by atoms with Gasteiger partial charge >= 0.3 is 0 Å². The third-order valence-corrected chi connectivity index (χ3v) is 18.9. The first kappa shape index (κ1) is 119. The molecule has 0 aromatic heterocycles. The average Bonchev–Trinajstić information content (AvgIpc) is 0.890. The van der Waals surface area contributed by atoms with Gasteiger partial charge in [-0.3, -0.25) is 28.8 Å². The van der Waals surface area contributed by atoms with Crippen molar-refractivity contribution in [3.05, 3.63) is 142 Å². The fourth-order valence-electron chi connectivity index (χ4n) is 9.85. The van der Waals surface area contributed by atoms with Gasteiger partial charge in [0.15, 0.2) is 21.8 Å². The number of aryl methyl sites for hydroxylation is 2. The number of terminal acetylenes is 2. The van der Waals surface area contributed by atoms with E-state index >= 15 is 0 Å². The van der Waals surface area contributed by atoms with Crippen LogP contribution in [-0.4, -0.2) is 57.5 Å². The number of unbranched alkanes of at least 4 members (excludes halogenated alkanes) is 4. The van der Waals surface area contributed by atoms with Gasteiger partial charge in [0.25, 0.3) is 0 Å². The first-order valence-electron chi connectivity index (χ1n) is 43.1. The van der Waals surface area contributed by atoms with E-state index in [4.69, 9.17) is 12.8 Å². The lowest BCUT2D eigenvalue weighted by Gasteiger charge is -2.20. The second-order valence-electron chi connectivity index (χ2n) is 32.7. The van der Waals surface area contributed by atoms with Gasteiger partial charge in [0.1, 0.15) is 11.6 Å². The number of Topliss-reactive ketones (excluding diaryl/α,β-unsaturated/α-hetero) is 4. The molecule has 0 atom stereocenters. The summed E-state index contributed by atoms with van der Waals surface area (Å²) in [5.41, 5.74) is 9.65. The molecule has 4 aromatic carbocycles. The zero-order chi connectivity index (χ0) is 99.1. The molecule has 12 heteroatoms. The molecule has 0 spiro atoms. The fourth-order valence-corrected chi connectivity index (χ4v) is 11.4. The summed E-state index contributed by atoms with van der Waals surface area (Å²) in [6.45, 7) is 31.2. The maximum Gasteiger partial charge on any atom is 0.186 e. The normalized spacial score (nSPS) is 8.67. The highest BCUT2D eigenvalue weighted by atomic mass is 32.2. The summed E-state index contributed by atoms with van der Waals surface area (Å²) in [4.78, 5) is 69.7. The van der Waals surface area contributed by atoms with Gasteiger partial charge in [-0.05, 0) is 245 Å². The monoisotopic (exact) mass is 1830 g/mol. The number of benzene rings is 4. The lowest BCUT2D eigenvalue weighted by Crippen LogP contribution is -2.36. The van der Waals surface area contributed by atoms with E-state index in [0.29, 0.717) is 59.6 Å². The number of carbonyl (C=O) groups is 6. The Bertz CT molecular complexity index is 6110. The highest BCUT2D eigenvalue weighted by Gasteiger charge is 2.15. The fraction of sp³-hybridized carbons (Fsp3) is 0.344. The van der Waals surface area contributed by atoms with Gasteiger partial charge in [-0.2, -0.15) is 25.3 Å². The Kier molecular flexibility index (Phi) is 70.5. The van der Waals surface area contributed by atoms with E-state index in [9.17, 15) is 28.8 Å². The summed E-state index contributed by atoms with van der Waals surface area (Å²) in [6, 6.07) is 32.0. The predicted octanol–water partition coefficient (Wildman–Crippen LogP) is 19.2. The van der Waals surface area contributed by atoms with Crippen molar-refractivity contribution in [1.29, 1.82) is 0 Å². The van der Waals surface area contributed by atoms with Crippen LogP contribution >= 0.6 is 48.8 Å². The molecule has 2 N–H and O–H groups in total. The van der Waals surface area contributed by atoms with Crippen molar-refractivity contribution in [2.75, 3.05) is 13.1 Å². The van der Waals surface area contributed by atoms with Crippen LogP contribution in [0.3, 0.4) is 0 Å². The largest absolute Gasteiger partial charge is 0.312 e. The quantitative estimate of drug-likeness (QED) is 0.0162. The van der Waals surface area contributed by atoms with Gasteiger partial charge in [-0.15, -0.1) is 12.8 Å². The highest BCUT2D eigenvalue weighted by molar-refractivity contribution is 8.13. The van der Waals surface area contributed by atoms with E-state index in [0.717, 1.165) is 110 Å². The SMILES string of the molecule is C#CC#CC#CC#CC#CC#CC#CC#CC#CC#CC#CC#CC#CC#CC#CC#CC#CC#CC#CC#CC#CC#CC#CC#CC#C.CC(=O)SCc1ccc(C(=O)CCCNC(C)(C)C)cc1.CC(=O)SCc1ccc(CCC(=O)CCCCCC(C)(C)C)cc1.CC(C)(C)CCCCCC(=O)CCc1ccc(CS)cc1.CC(C)(C)NCCCC(=O)c1ccc(CS)cc1. The van der Waals surface area contributed by atoms with Gasteiger partial charge in [0.2, 0.25) is 0 Å². The summed E-state index contributed by atoms with van der Waals surface area (Å²) in [7, 11) is 0. The maximum atomic E-state index is 12.1. The zero-order valence-electron chi connectivity index (χ0n) is 79.5. The number of hydrogen-bond acceptors (Lipinski definition) is 12. The van der Waals surface area contributed by atoms with Crippen LogP contribution in [0.5, 0.6) is 0 Å². The zero-order valence-corrected chi connectivity index (χ0v) is 82.9. The number of thiol groups is 2. The second kappa shape index (κ2) is 79.2. The molecule has 0 bridgehead atoms. The standard InChI is InChI=1S/C50H2.C21H32O2S.C19H30OS.C17H25NO2S.C15H23NOS/c1-3-5-7-9-11-13-15-17-19-21-23-25-27-29-31-33-35-37-39-41-43-45-47-49-50-48-46-44-42-40-38-36-34-32-30-28-26-24-22-20-18-16-14-12-10-8-6-4-2;1-17(22)24-16-19-11-9-18(10-12-19)13-14-20(23)8-6-5-7-15-21(2,3)4;1-19(2,3)14-6-4-5-7-18(20)13-12-16-8-10-17(15-21)11-9-16;1-13(19)21-12-14-7-9-15(10-8-14)16(20)6-5-11-18-17(2,3)4;1-15(2,3)16-10-4-5-14(17)13-8-6-12(11-18)7-9-13/h1-2H;9-12H,5-8,13-16H2,1-4H3;8-11,21H,4-7,12-15H2,1-3H3;7-10,18H,5-6,11-12H2,1-4H3;6-9,16,18H,4-5,10-11H2,1-3H3. The molecule has 0 heterocycles. The van der Waals surface area contributed by atoms with Crippen LogP contribution < -0.4 is 10.6 Å². The molecular weight excluding hydrogens is 1720 g/mol. The molecule has 0 radical (unpaired) electrons. The average molecular weight is 1830 g/mol. The molecule has 0 saturated heterocycles. The smallest absolute Gasteiger partial charge is 0.186 e. The topological polar surface area (TPSA) is 126 Å². The van der Waals surface area contributed by atoms with E-state index in [2.05, 4.69) is 452 Å². The number of ketones is 4. The number of hydrogen-bond donors (Lipinski definition) is 4. The predicted molar refractivity (Wildman–Crippen MR) is 566 cm³/mol. The van der Waals surface area contributed by atoms with Crippen molar-refractivity contribution in [2.45, 2.75) is 247 Å². The first-order valence-corrected chi connectivity index (χ1v) is 46.3. The van der Waals surface area contributed by atoms with Crippen LogP contribution in [0.15, 0.2) is 97.1 Å². The maximum absolute atomic E-state index is 12.1. The third-order valence-electron chi connectivity index (χ3n) is 16.4. The molecule has 0 unspecified atom stereocenters. The molecule has 0 amide bonds. The number of carbonyl (C=O) groups excluding carboxylic acids is 6. The lowest BCUT2D eigenvalue weighted by molar-refractivity contribution is -0.120.